The number of esters is 1. The van der Waals surface area contributed by atoms with E-state index in [0.29, 0.717) is 35.5 Å². The maximum atomic E-state index is 12.7. The predicted octanol–water partition coefficient (Wildman–Crippen LogP) is 3.83. The molecule has 0 aliphatic carbocycles. The van der Waals surface area contributed by atoms with Crippen molar-refractivity contribution in [2.24, 2.45) is 0 Å². The molecule has 2 aromatic carbocycles. The molecule has 0 saturated heterocycles. The number of nitrogens with zero attached hydrogens (tertiary/aromatic N) is 2. The van der Waals surface area contributed by atoms with E-state index in [1.54, 1.807) is 63.2 Å². The predicted molar refractivity (Wildman–Crippen MR) is 113 cm³/mol. The van der Waals surface area contributed by atoms with Crippen LogP contribution in [0.4, 0.5) is 11.4 Å². The van der Waals surface area contributed by atoms with Gasteiger partial charge in [-0.05, 0) is 51.0 Å². The number of anilines is 1. The van der Waals surface area contributed by atoms with Crippen LogP contribution in [-0.2, 0) is 16.0 Å². The largest absolute Gasteiger partial charge is 0.459 e. The summed E-state index contributed by atoms with van der Waals surface area (Å²) in [5.74, 6) is -0.956. The number of carbonyl (C=O) groups excluding carboxylic acids is 3. The lowest BCUT2D eigenvalue weighted by molar-refractivity contribution is -0.155. The summed E-state index contributed by atoms with van der Waals surface area (Å²) in [5, 5.41) is 2.81. The van der Waals surface area contributed by atoms with Crippen LogP contribution in [-0.4, -0.2) is 41.4 Å². The molecule has 0 radical (unpaired) electrons. The van der Waals surface area contributed by atoms with Crippen LogP contribution in [0.3, 0.4) is 0 Å². The van der Waals surface area contributed by atoms with Gasteiger partial charge in [-0.2, -0.15) is 0 Å². The fourth-order valence-electron chi connectivity index (χ4n) is 3.19. The van der Waals surface area contributed by atoms with Crippen LogP contribution in [0.25, 0.3) is 4.85 Å². The van der Waals surface area contributed by atoms with Crippen LogP contribution in [0.1, 0.15) is 47.1 Å². The molecule has 2 amide bonds. The molecule has 0 bridgehead atoms. The number of rotatable bonds is 4. The Balaban J connectivity index is 1.68. The van der Waals surface area contributed by atoms with E-state index in [4.69, 9.17) is 11.3 Å². The fraction of sp³-hybridized carbons (Fsp3) is 0.304. The molecule has 0 atom stereocenters. The lowest BCUT2D eigenvalue weighted by atomic mass is 9.98. The van der Waals surface area contributed by atoms with Gasteiger partial charge < -0.3 is 15.0 Å². The Morgan fingerprint density at radius 1 is 1.17 bits per heavy atom. The standard InChI is InChI=1S/C23H23N3O4/c1-23(2,3)30-20(27)14-26-12-11-16-13-18(9-10-19(16)22(26)29)25-21(28)15-5-7-17(24-4)8-6-15/h5-10,13H,11-12,14H2,1-3H3,(H,25,28). The second-order valence-corrected chi connectivity index (χ2v) is 8.05. The summed E-state index contributed by atoms with van der Waals surface area (Å²) >= 11 is 0. The zero-order valence-corrected chi connectivity index (χ0v) is 17.2. The van der Waals surface area contributed by atoms with E-state index in [-0.39, 0.29) is 18.4 Å². The van der Waals surface area contributed by atoms with Gasteiger partial charge in [0.05, 0.1) is 6.57 Å². The lowest BCUT2D eigenvalue weighted by Gasteiger charge is -2.29. The Labute approximate surface area is 175 Å². The van der Waals surface area contributed by atoms with Crippen molar-refractivity contribution in [2.45, 2.75) is 32.8 Å². The quantitative estimate of drug-likeness (QED) is 0.619. The number of carbonyl (C=O) groups is 3. The number of fused-ring (bicyclic) bond motifs is 1. The summed E-state index contributed by atoms with van der Waals surface area (Å²) in [6.07, 6.45) is 0.577. The normalized spacial score (nSPS) is 13.3. The minimum atomic E-state index is -0.600. The van der Waals surface area contributed by atoms with Crippen molar-refractivity contribution in [3.63, 3.8) is 0 Å². The highest BCUT2D eigenvalue weighted by atomic mass is 16.6. The van der Waals surface area contributed by atoms with Crippen LogP contribution in [0.2, 0.25) is 0 Å². The Morgan fingerprint density at radius 2 is 1.87 bits per heavy atom. The van der Waals surface area contributed by atoms with Gasteiger partial charge in [0.2, 0.25) is 0 Å². The molecule has 0 spiro atoms. The number of hydrogen-bond donors (Lipinski definition) is 1. The number of hydrogen-bond acceptors (Lipinski definition) is 4. The molecule has 1 N–H and O–H groups in total. The average molecular weight is 405 g/mol. The number of nitrogens with one attached hydrogen (secondary N) is 1. The van der Waals surface area contributed by atoms with Gasteiger partial charge in [0.15, 0.2) is 5.69 Å². The molecular weight excluding hydrogens is 382 g/mol. The number of ether oxygens (including phenoxy) is 1. The van der Waals surface area contributed by atoms with E-state index in [9.17, 15) is 14.4 Å². The minimum Gasteiger partial charge on any atom is -0.459 e. The molecule has 2 aromatic rings. The van der Waals surface area contributed by atoms with Gasteiger partial charge in [-0.1, -0.05) is 24.3 Å². The van der Waals surface area contributed by atoms with E-state index < -0.39 is 11.6 Å². The first-order chi connectivity index (χ1) is 14.2. The zero-order chi connectivity index (χ0) is 21.9. The van der Waals surface area contributed by atoms with Gasteiger partial charge in [0, 0.05) is 23.4 Å². The Hall–Kier alpha value is -3.66. The molecule has 30 heavy (non-hydrogen) atoms. The highest BCUT2D eigenvalue weighted by molar-refractivity contribution is 6.05. The monoisotopic (exact) mass is 405 g/mol. The highest BCUT2D eigenvalue weighted by Crippen LogP contribution is 2.24. The molecule has 154 valence electrons. The van der Waals surface area contributed by atoms with Gasteiger partial charge in [-0.15, -0.1) is 0 Å². The van der Waals surface area contributed by atoms with Gasteiger partial charge in [-0.3, -0.25) is 14.4 Å². The third-order valence-electron chi connectivity index (χ3n) is 4.53. The topological polar surface area (TPSA) is 80.1 Å². The van der Waals surface area contributed by atoms with Gasteiger partial charge >= 0.3 is 5.97 Å². The first-order valence-electron chi connectivity index (χ1n) is 9.59. The van der Waals surface area contributed by atoms with Crippen LogP contribution < -0.4 is 5.32 Å². The van der Waals surface area contributed by atoms with Crippen LogP contribution >= 0.6 is 0 Å². The molecule has 3 rings (SSSR count). The van der Waals surface area contributed by atoms with Gasteiger partial charge in [0.25, 0.3) is 11.8 Å². The third-order valence-corrected chi connectivity index (χ3v) is 4.53. The van der Waals surface area contributed by atoms with Crippen LogP contribution in [0, 0.1) is 6.57 Å². The molecule has 0 saturated carbocycles. The van der Waals surface area contributed by atoms with Crippen molar-refractivity contribution in [2.75, 3.05) is 18.4 Å². The molecule has 0 aromatic heterocycles. The summed E-state index contributed by atoms with van der Waals surface area (Å²) < 4.78 is 5.30. The molecule has 0 unspecified atom stereocenters. The SMILES string of the molecule is [C-]#[N+]c1ccc(C(=O)Nc2ccc3c(c2)CCN(CC(=O)OC(C)(C)C)C3=O)cc1. The van der Waals surface area contributed by atoms with E-state index in [1.165, 1.54) is 4.90 Å². The van der Waals surface area contributed by atoms with E-state index >= 15 is 0 Å². The smallest absolute Gasteiger partial charge is 0.326 e. The Morgan fingerprint density at radius 3 is 2.50 bits per heavy atom. The summed E-state index contributed by atoms with van der Waals surface area (Å²) in [6, 6.07) is 11.5. The number of benzene rings is 2. The van der Waals surface area contributed by atoms with Gasteiger partial charge in [-0.25, -0.2) is 4.85 Å². The van der Waals surface area contributed by atoms with Crippen molar-refractivity contribution in [3.8, 4) is 0 Å². The van der Waals surface area contributed by atoms with Crippen molar-refractivity contribution >= 4 is 29.2 Å². The van der Waals surface area contributed by atoms with Gasteiger partial charge in [0.1, 0.15) is 12.1 Å². The van der Waals surface area contributed by atoms with Crippen molar-refractivity contribution in [3.05, 3.63) is 70.6 Å². The number of amides is 2. The van der Waals surface area contributed by atoms with Crippen molar-refractivity contribution < 1.29 is 19.1 Å². The maximum Gasteiger partial charge on any atom is 0.326 e. The van der Waals surface area contributed by atoms with Crippen molar-refractivity contribution in [1.82, 2.24) is 4.90 Å². The molecule has 7 nitrogen and oxygen atoms in total. The van der Waals surface area contributed by atoms with Crippen LogP contribution in [0.15, 0.2) is 42.5 Å². The zero-order valence-electron chi connectivity index (χ0n) is 17.2. The maximum absolute atomic E-state index is 12.7. The molecule has 1 aliphatic rings. The summed E-state index contributed by atoms with van der Waals surface area (Å²) in [5.41, 5.74) is 2.23. The first kappa shape index (κ1) is 21.1. The van der Waals surface area contributed by atoms with E-state index in [2.05, 4.69) is 10.2 Å². The second-order valence-electron chi connectivity index (χ2n) is 8.05. The van der Waals surface area contributed by atoms with E-state index in [0.717, 1.165) is 5.56 Å². The average Bonchev–Trinajstić information content (AvgIpc) is 2.69. The minimum absolute atomic E-state index is 0.0887. The Kier molecular flexibility index (Phi) is 5.88. The molecule has 1 aliphatic heterocycles. The molecule has 1 heterocycles. The third kappa shape index (κ3) is 5.03. The second kappa shape index (κ2) is 8.37. The van der Waals surface area contributed by atoms with E-state index in [1.807, 2.05) is 0 Å². The molecule has 0 fully saturated rings. The van der Waals surface area contributed by atoms with Crippen molar-refractivity contribution in [1.29, 1.82) is 0 Å². The lowest BCUT2D eigenvalue weighted by Crippen LogP contribution is -2.42. The molecule has 7 heteroatoms. The summed E-state index contributed by atoms with van der Waals surface area (Å²) in [6.45, 7) is 12.6. The highest BCUT2D eigenvalue weighted by Gasteiger charge is 2.28. The van der Waals surface area contributed by atoms with Crippen LogP contribution in [0.5, 0.6) is 0 Å². The summed E-state index contributed by atoms with van der Waals surface area (Å²) in [7, 11) is 0. The fourth-order valence-corrected chi connectivity index (χ4v) is 3.19. The molecular formula is C23H23N3O4. The first-order valence-corrected chi connectivity index (χ1v) is 9.59. The summed E-state index contributed by atoms with van der Waals surface area (Å²) in [4.78, 5) is 42.0. The Bertz CT molecular complexity index is 1030.